The van der Waals surface area contributed by atoms with Crippen molar-refractivity contribution in [3.63, 3.8) is 0 Å². The van der Waals surface area contributed by atoms with E-state index in [1.807, 2.05) is 6.07 Å². The van der Waals surface area contributed by atoms with E-state index in [1.165, 1.54) is 18.2 Å². The van der Waals surface area contributed by atoms with Crippen molar-refractivity contribution in [2.45, 2.75) is 38.4 Å². The molecular formula is C21H19F3N4O. The molecule has 1 aliphatic rings. The molecule has 0 saturated heterocycles. The monoisotopic (exact) mass is 400 g/mol. The van der Waals surface area contributed by atoms with Crippen LogP contribution in [-0.4, -0.2) is 20.7 Å². The number of nitrogens with one attached hydrogen (secondary N) is 1. The zero-order valence-electron chi connectivity index (χ0n) is 15.5. The fraction of sp³-hybridized carbons (Fsp3) is 0.286. The number of nitrogens with zero attached hydrogens (tertiary/aromatic N) is 3. The number of hydrogen-bond donors (Lipinski definition) is 1. The summed E-state index contributed by atoms with van der Waals surface area (Å²) in [6, 6.07) is 11.7. The summed E-state index contributed by atoms with van der Waals surface area (Å²) < 4.78 is 41.7. The molecule has 0 spiro atoms. The predicted octanol–water partition coefficient (Wildman–Crippen LogP) is 4.94. The highest BCUT2D eigenvalue weighted by molar-refractivity contribution is 6.05. The molecule has 1 amide bonds. The minimum atomic E-state index is -4.60. The van der Waals surface area contributed by atoms with Gasteiger partial charge in [0.05, 0.1) is 11.1 Å². The number of halogens is 3. The smallest absolute Gasteiger partial charge is 0.322 e. The third-order valence-electron chi connectivity index (χ3n) is 4.97. The van der Waals surface area contributed by atoms with Crippen molar-refractivity contribution in [1.29, 1.82) is 0 Å². The first-order valence-electron chi connectivity index (χ1n) is 9.43. The molecule has 1 N–H and O–H groups in total. The van der Waals surface area contributed by atoms with Crippen molar-refractivity contribution < 1.29 is 18.0 Å². The van der Waals surface area contributed by atoms with Crippen LogP contribution in [0.15, 0.2) is 48.5 Å². The molecule has 2 heterocycles. The molecule has 4 rings (SSSR count). The van der Waals surface area contributed by atoms with Crippen molar-refractivity contribution in [1.82, 2.24) is 14.8 Å². The number of carbonyl (C=O) groups excluding carboxylic acids is 1. The standard InChI is InChI=1S/C21H19F3N4O/c22-21(23,24)17-10-4-3-9-16(17)20(29)25-15-8-6-7-14(13-15)19-27-26-18-11-2-1-5-12-28(18)19/h3-4,6-10,13H,1-2,5,11-12H2,(H,25,29). The number of fused-ring (bicyclic) bond motifs is 1. The number of rotatable bonds is 3. The molecule has 1 aliphatic heterocycles. The molecule has 0 radical (unpaired) electrons. The first kappa shape index (κ1) is 19.2. The van der Waals surface area contributed by atoms with Crippen LogP contribution in [0, 0.1) is 0 Å². The highest BCUT2D eigenvalue weighted by Gasteiger charge is 2.34. The second kappa shape index (κ2) is 7.69. The van der Waals surface area contributed by atoms with Gasteiger partial charge in [0.15, 0.2) is 5.82 Å². The minimum Gasteiger partial charge on any atom is -0.322 e. The number of aryl methyl sites for hydroxylation is 1. The molecule has 5 nitrogen and oxygen atoms in total. The van der Waals surface area contributed by atoms with Gasteiger partial charge in [-0.25, -0.2) is 0 Å². The van der Waals surface area contributed by atoms with Crippen molar-refractivity contribution in [3.8, 4) is 11.4 Å². The summed E-state index contributed by atoms with van der Waals surface area (Å²) in [6.45, 7) is 0.827. The number of aromatic nitrogens is 3. The maximum atomic E-state index is 13.2. The van der Waals surface area contributed by atoms with E-state index < -0.39 is 23.2 Å². The maximum Gasteiger partial charge on any atom is 0.417 e. The van der Waals surface area contributed by atoms with Crippen LogP contribution in [0.5, 0.6) is 0 Å². The lowest BCUT2D eigenvalue weighted by molar-refractivity contribution is -0.137. The molecule has 3 aromatic rings. The molecule has 0 saturated carbocycles. The van der Waals surface area contributed by atoms with E-state index in [0.29, 0.717) is 11.5 Å². The summed E-state index contributed by atoms with van der Waals surface area (Å²) in [7, 11) is 0. The number of hydrogen-bond acceptors (Lipinski definition) is 3. The second-order valence-corrected chi connectivity index (χ2v) is 6.98. The van der Waals surface area contributed by atoms with Gasteiger partial charge < -0.3 is 9.88 Å². The van der Waals surface area contributed by atoms with E-state index in [-0.39, 0.29) is 0 Å². The molecule has 150 valence electrons. The number of anilines is 1. The lowest BCUT2D eigenvalue weighted by atomic mass is 10.1. The van der Waals surface area contributed by atoms with E-state index in [1.54, 1.807) is 18.2 Å². The topological polar surface area (TPSA) is 59.8 Å². The predicted molar refractivity (Wildman–Crippen MR) is 102 cm³/mol. The summed E-state index contributed by atoms with van der Waals surface area (Å²) in [5.74, 6) is 0.829. The Morgan fingerprint density at radius 1 is 1.00 bits per heavy atom. The van der Waals surface area contributed by atoms with E-state index in [4.69, 9.17) is 0 Å². The fourth-order valence-electron chi connectivity index (χ4n) is 3.56. The quantitative estimate of drug-likeness (QED) is 0.677. The van der Waals surface area contributed by atoms with Crippen LogP contribution in [0.1, 0.15) is 41.0 Å². The average Bonchev–Trinajstić information content (AvgIpc) is 2.96. The molecule has 0 aliphatic carbocycles. The van der Waals surface area contributed by atoms with Crippen LogP contribution >= 0.6 is 0 Å². The van der Waals surface area contributed by atoms with Crippen LogP contribution in [0.2, 0.25) is 0 Å². The maximum absolute atomic E-state index is 13.2. The van der Waals surface area contributed by atoms with Crippen molar-refractivity contribution in [2.75, 3.05) is 5.32 Å². The molecule has 0 fully saturated rings. The first-order valence-corrected chi connectivity index (χ1v) is 9.43. The van der Waals surface area contributed by atoms with Gasteiger partial charge in [0.1, 0.15) is 5.82 Å². The molecule has 0 atom stereocenters. The minimum absolute atomic E-state index is 0.399. The van der Waals surface area contributed by atoms with Crippen LogP contribution in [0.4, 0.5) is 18.9 Å². The Morgan fingerprint density at radius 2 is 1.83 bits per heavy atom. The molecular weight excluding hydrogens is 381 g/mol. The van der Waals surface area contributed by atoms with Gasteiger partial charge in [0.25, 0.3) is 5.91 Å². The van der Waals surface area contributed by atoms with Gasteiger partial charge in [0, 0.05) is 24.2 Å². The van der Waals surface area contributed by atoms with Crippen molar-refractivity contribution >= 4 is 11.6 Å². The highest BCUT2D eigenvalue weighted by Crippen LogP contribution is 2.32. The van der Waals surface area contributed by atoms with Gasteiger partial charge >= 0.3 is 6.18 Å². The lowest BCUT2D eigenvalue weighted by Crippen LogP contribution is -2.18. The van der Waals surface area contributed by atoms with E-state index in [2.05, 4.69) is 20.1 Å². The summed E-state index contributed by atoms with van der Waals surface area (Å²) in [6.07, 6.45) is -0.473. The number of amides is 1. The largest absolute Gasteiger partial charge is 0.417 e. The molecule has 2 aromatic carbocycles. The van der Waals surface area contributed by atoms with Gasteiger partial charge in [0.2, 0.25) is 0 Å². The molecule has 0 unspecified atom stereocenters. The van der Waals surface area contributed by atoms with Crippen LogP contribution in [0.25, 0.3) is 11.4 Å². The fourth-order valence-corrected chi connectivity index (χ4v) is 3.56. The number of alkyl halides is 3. The Morgan fingerprint density at radius 3 is 2.66 bits per heavy atom. The Balaban J connectivity index is 1.61. The van der Waals surface area contributed by atoms with Crippen LogP contribution in [0.3, 0.4) is 0 Å². The first-order chi connectivity index (χ1) is 13.9. The Labute approximate surface area is 165 Å². The Hall–Kier alpha value is -3.16. The SMILES string of the molecule is O=C(Nc1cccc(-c2nnc3n2CCCCC3)c1)c1ccccc1C(F)(F)F. The number of carbonyl (C=O) groups is 1. The van der Waals surface area contributed by atoms with Crippen LogP contribution < -0.4 is 5.32 Å². The van der Waals surface area contributed by atoms with Gasteiger partial charge in [-0.05, 0) is 37.1 Å². The van der Waals surface area contributed by atoms with Crippen molar-refractivity contribution in [3.05, 3.63) is 65.5 Å². The van der Waals surface area contributed by atoms with E-state index in [0.717, 1.165) is 49.7 Å². The summed E-state index contributed by atoms with van der Waals surface area (Å²) in [5.41, 5.74) is -0.221. The van der Waals surface area contributed by atoms with Gasteiger partial charge in [-0.3, -0.25) is 4.79 Å². The van der Waals surface area contributed by atoms with Gasteiger partial charge in [-0.1, -0.05) is 30.7 Å². The van der Waals surface area contributed by atoms with Crippen LogP contribution in [-0.2, 0) is 19.1 Å². The summed E-state index contributed by atoms with van der Waals surface area (Å²) >= 11 is 0. The molecule has 0 bridgehead atoms. The zero-order chi connectivity index (χ0) is 20.4. The number of benzene rings is 2. The molecule has 1 aromatic heterocycles. The van der Waals surface area contributed by atoms with E-state index in [9.17, 15) is 18.0 Å². The highest BCUT2D eigenvalue weighted by atomic mass is 19.4. The van der Waals surface area contributed by atoms with Gasteiger partial charge in [-0.2, -0.15) is 13.2 Å². The molecule has 8 heteroatoms. The van der Waals surface area contributed by atoms with Crippen molar-refractivity contribution in [2.24, 2.45) is 0 Å². The third-order valence-corrected chi connectivity index (χ3v) is 4.97. The Kier molecular flexibility index (Phi) is 5.08. The van der Waals surface area contributed by atoms with E-state index >= 15 is 0 Å². The molecule has 29 heavy (non-hydrogen) atoms. The zero-order valence-corrected chi connectivity index (χ0v) is 15.5. The van der Waals surface area contributed by atoms with Gasteiger partial charge in [-0.15, -0.1) is 10.2 Å². The second-order valence-electron chi connectivity index (χ2n) is 6.98. The normalized spacial score (nSPS) is 14.2. The average molecular weight is 400 g/mol. The third kappa shape index (κ3) is 4.01. The summed E-state index contributed by atoms with van der Waals surface area (Å²) in [5, 5.41) is 11.1. The summed E-state index contributed by atoms with van der Waals surface area (Å²) in [4.78, 5) is 12.5. The lowest BCUT2D eigenvalue weighted by Gasteiger charge is -2.13. The Bertz CT molecular complexity index is 1040.